The van der Waals surface area contributed by atoms with Crippen LogP contribution >= 0.6 is 15.9 Å². The highest BCUT2D eigenvalue weighted by atomic mass is 79.9. The molecule has 134 valence electrons. The second-order valence-corrected chi connectivity index (χ2v) is 6.92. The van der Waals surface area contributed by atoms with E-state index in [4.69, 9.17) is 4.74 Å². The third-order valence-electron chi connectivity index (χ3n) is 4.18. The lowest BCUT2D eigenvalue weighted by molar-refractivity contribution is 0.0950. The summed E-state index contributed by atoms with van der Waals surface area (Å²) < 4.78 is 8.57. The number of halogens is 1. The van der Waals surface area contributed by atoms with Crippen LogP contribution in [-0.2, 0) is 20.2 Å². The lowest BCUT2D eigenvalue weighted by Crippen LogP contribution is -2.23. The molecule has 0 aliphatic heterocycles. The molecule has 0 saturated carbocycles. The maximum Gasteiger partial charge on any atom is 0.251 e. The molecule has 1 heterocycles. The molecule has 2 aromatic carbocycles. The standard InChI is InChI=1S/C20H20BrN3O2/c1-14-17(12-23-24(14)2)11-22-20(25)16-5-3-4-15(10-16)13-26-19-8-6-18(21)7-9-19/h3-10,12H,11,13H2,1-2H3,(H,22,25). The van der Waals surface area contributed by atoms with Gasteiger partial charge in [-0.1, -0.05) is 28.1 Å². The molecule has 26 heavy (non-hydrogen) atoms. The van der Waals surface area contributed by atoms with Gasteiger partial charge in [0.15, 0.2) is 0 Å². The van der Waals surface area contributed by atoms with Gasteiger partial charge in [0.05, 0.1) is 6.20 Å². The fraction of sp³-hybridized carbons (Fsp3) is 0.200. The Bertz CT molecular complexity index is 904. The molecule has 3 rings (SSSR count). The normalized spacial score (nSPS) is 10.6. The maximum atomic E-state index is 12.4. The third kappa shape index (κ3) is 4.52. The number of hydrogen-bond acceptors (Lipinski definition) is 3. The van der Waals surface area contributed by atoms with E-state index in [2.05, 4.69) is 26.3 Å². The van der Waals surface area contributed by atoms with Crippen molar-refractivity contribution in [3.05, 3.63) is 81.6 Å². The summed E-state index contributed by atoms with van der Waals surface area (Å²) in [6, 6.07) is 15.1. The second-order valence-electron chi connectivity index (χ2n) is 6.00. The number of rotatable bonds is 6. The summed E-state index contributed by atoms with van der Waals surface area (Å²) >= 11 is 3.40. The number of hydrogen-bond donors (Lipinski definition) is 1. The van der Waals surface area contributed by atoms with E-state index in [0.29, 0.717) is 18.7 Å². The molecule has 6 heteroatoms. The molecule has 0 spiro atoms. The SMILES string of the molecule is Cc1c(CNC(=O)c2cccc(COc3ccc(Br)cc3)c2)cnn1C. The molecule has 1 aromatic heterocycles. The number of ether oxygens (including phenoxy) is 1. The minimum absolute atomic E-state index is 0.112. The summed E-state index contributed by atoms with van der Waals surface area (Å²) in [6.07, 6.45) is 1.78. The Morgan fingerprint density at radius 2 is 2.00 bits per heavy atom. The van der Waals surface area contributed by atoms with E-state index in [0.717, 1.165) is 27.0 Å². The maximum absolute atomic E-state index is 12.4. The monoisotopic (exact) mass is 413 g/mol. The van der Waals surface area contributed by atoms with E-state index in [1.807, 2.05) is 56.4 Å². The number of aromatic nitrogens is 2. The molecular formula is C20H20BrN3O2. The van der Waals surface area contributed by atoms with Gasteiger partial charge < -0.3 is 10.1 Å². The van der Waals surface area contributed by atoms with Crippen LogP contribution in [0.5, 0.6) is 5.75 Å². The van der Waals surface area contributed by atoms with E-state index in [1.165, 1.54) is 0 Å². The first-order chi connectivity index (χ1) is 12.5. The van der Waals surface area contributed by atoms with Crippen LogP contribution in [-0.4, -0.2) is 15.7 Å². The predicted octanol–water partition coefficient (Wildman–Crippen LogP) is 4.00. The number of carbonyl (C=O) groups is 1. The lowest BCUT2D eigenvalue weighted by Gasteiger charge is -2.09. The Morgan fingerprint density at radius 1 is 1.23 bits per heavy atom. The zero-order valence-electron chi connectivity index (χ0n) is 14.7. The number of nitrogens with zero attached hydrogens (tertiary/aromatic N) is 2. The Balaban J connectivity index is 1.59. The molecule has 0 radical (unpaired) electrons. The molecule has 0 saturated heterocycles. The first-order valence-corrected chi connectivity index (χ1v) is 9.05. The zero-order valence-corrected chi connectivity index (χ0v) is 16.3. The van der Waals surface area contributed by atoms with Crippen LogP contribution in [0.25, 0.3) is 0 Å². The minimum atomic E-state index is -0.112. The van der Waals surface area contributed by atoms with Gasteiger partial charge in [0.1, 0.15) is 12.4 Å². The van der Waals surface area contributed by atoms with Crippen LogP contribution in [0, 0.1) is 6.92 Å². The lowest BCUT2D eigenvalue weighted by atomic mass is 10.1. The predicted molar refractivity (Wildman–Crippen MR) is 104 cm³/mol. The van der Waals surface area contributed by atoms with E-state index in [1.54, 1.807) is 16.9 Å². The summed E-state index contributed by atoms with van der Waals surface area (Å²) in [5, 5.41) is 7.12. The molecule has 1 amide bonds. The fourth-order valence-electron chi connectivity index (χ4n) is 2.50. The van der Waals surface area contributed by atoms with E-state index in [-0.39, 0.29) is 5.91 Å². The van der Waals surface area contributed by atoms with E-state index in [9.17, 15) is 4.79 Å². The molecule has 3 aromatic rings. The largest absolute Gasteiger partial charge is 0.489 e. The van der Waals surface area contributed by atoms with Gasteiger partial charge in [0, 0.05) is 34.9 Å². The van der Waals surface area contributed by atoms with E-state index < -0.39 is 0 Å². The molecule has 0 aliphatic carbocycles. The van der Waals surface area contributed by atoms with Crippen molar-refractivity contribution in [2.45, 2.75) is 20.1 Å². The van der Waals surface area contributed by atoms with Gasteiger partial charge in [-0.05, 0) is 48.9 Å². The van der Waals surface area contributed by atoms with Crippen molar-refractivity contribution in [3.63, 3.8) is 0 Å². The highest BCUT2D eigenvalue weighted by Gasteiger charge is 2.09. The van der Waals surface area contributed by atoms with Gasteiger partial charge in [0.25, 0.3) is 5.91 Å². The van der Waals surface area contributed by atoms with E-state index >= 15 is 0 Å². The topological polar surface area (TPSA) is 56.1 Å². The Labute approximate surface area is 161 Å². The summed E-state index contributed by atoms with van der Waals surface area (Å²) in [6.45, 7) is 2.84. The quantitative estimate of drug-likeness (QED) is 0.664. The average molecular weight is 414 g/mol. The Hall–Kier alpha value is -2.60. The Morgan fingerprint density at radius 3 is 2.69 bits per heavy atom. The Kier molecular flexibility index (Phi) is 5.73. The van der Waals surface area contributed by atoms with Crippen LogP contribution in [0.2, 0.25) is 0 Å². The molecule has 0 bridgehead atoms. The fourth-order valence-corrected chi connectivity index (χ4v) is 2.76. The number of benzene rings is 2. The van der Waals surface area contributed by atoms with Crippen molar-refractivity contribution in [1.82, 2.24) is 15.1 Å². The second kappa shape index (κ2) is 8.19. The van der Waals surface area contributed by atoms with Crippen LogP contribution in [0.3, 0.4) is 0 Å². The van der Waals surface area contributed by atoms with Crippen molar-refractivity contribution in [2.24, 2.45) is 7.05 Å². The number of aryl methyl sites for hydroxylation is 1. The van der Waals surface area contributed by atoms with Gasteiger partial charge in [-0.3, -0.25) is 9.48 Å². The molecular weight excluding hydrogens is 394 g/mol. The van der Waals surface area contributed by atoms with Crippen molar-refractivity contribution in [1.29, 1.82) is 0 Å². The highest BCUT2D eigenvalue weighted by molar-refractivity contribution is 9.10. The van der Waals surface area contributed by atoms with Gasteiger partial charge in [-0.2, -0.15) is 5.10 Å². The summed E-state index contributed by atoms with van der Waals surface area (Å²) in [5.41, 5.74) is 3.61. The number of amides is 1. The first kappa shape index (κ1) is 18.2. The summed E-state index contributed by atoms with van der Waals surface area (Å²) in [7, 11) is 1.88. The zero-order chi connectivity index (χ0) is 18.5. The van der Waals surface area contributed by atoms with Crippen molar-refractivity contribution in [2.75, 3.05) is 0 Å². The molecule has 1 N–H and O–H groups in total. The average Bonchev–Trinajstić information content (AvgIpc) is 2.98. The van der Waals surface area contributed by atoms with Gasteiger partial charge in [0.2, 0.25) is 0 Å². The molecule has 5 nitrogen and oxygen atoms in total. The molecule has 0 unspecified atom stereocenters. The van der Waals surface area contributed by atoms with Crippen molar-refractivity contribution in [3.8, 4) is 5.75 Å². The summed E-state index contributed by atoms with van der Waals surface area (Å²) in [4.78, 5) is 12.4. The van der Waals surface area contributed by atoms with Crippen molar-refractivity contribution >= 4 is 21.8 Å². The van der Waals surface area contributed by atoms with Crippen LogP contribution < -0.4 is 10.1 Å². The van der Waals surface area contributed by atoms with Crippen LogP contribution in [0.4, 0.5) is 0 Å². The molecule has 0 aliphatic rings. The number of nitrogens with one attached hydrogen (secondary N) is 1. The number of carbonyl (C=O) groups excluding carboxylic acids is 1. The van der Waals surface area contributed by atoms with Crippen LogP contribution in [0.1, 0.15) is 27.2 Å². The third-order valence-corrected chi connectivity index (χ3v) is 4.71. The first-order valence-electron chi connectivity index (χ1n) is 8.26. The summed E-state index contributed by atoms with van der Waals surface area (Å²) in [5.74, 6) is 0.675. The molecule has 0 atom stereocenters. The highest BCUT2D eigenvalue weighted by Crippen LogP contribution is 2.17. The van der Waals surface area contributed by atoms with Gasteiger partial charge >= 0.3 is 0 Å². The van der Waals surface area contributed by atoms with Gasteiger partial charge in [-0.15, -0.1) is 0 Å². The smallest absolute Gasteiger partial charge is 0.251 e. The van der Waals surface area contributed by atoms with Gasteiger partial charge in [-0.25, -0.2) is 0 Å². The van der Waals surface area contributed by atoms with Crippen molar-refractivity contribution < 1.29 is 9.53 Å². The minimum Gasteiger partial charge on any atom is -0.489 e. The molecule has 0 fully saturated rings. The van der Waals surface area contributed by atoms with Crippen LogP contribution in [0.15, 0.2) is 59.2 Å².